The highest BCUT2D eigenvalue weighted by Crippen LogP contribution is 2.35. The molecule has 6 heteroatoms. The van der Waals surface area contributed by atoms with E-state index in [1.807, 2.05) is 0 Å². The summed E-state index contributed by atoms with van der Waals surface area (Å²) in [6.07, 6.45) is -1.60. The van der Waals surface area contributed by atoms with Crippen molar-refractivity contribution in [3.8, 4) is 11.5 Å². The van der Waals surface area contributed by atoms with E-state index in [4.69, 9.17) is 14.6 Å². The van der Waals surface area contributed by atoms with E-state index in [-0.39, 0.29) is 5.56 Å². The molecule has 0 fully saturated rings. The van der Waals surface area contributed by atoms with E-state index >= 15 is 0 Å². The van der Waals surface area contributed by atoms with Gasteiger partial charge in [0.15, 0.2) is 17.6 Å². The zero-order valence-electron chi connectivity index (χ0n) is 8.73. The van der Waals surface area contributed by atoms with E-state index < -0.39 is 12.1 Å². The second-order valence-corrected chi connectivity index (χ2v) is 3.82. The molecule has 1 rings (SSSR count). The van der Waals surface area contributed by atoms with Crippen LogP contribution in [-0.2, 0) is 4.79 Å². The summed E-state index contributed by atoms with van der Waals surface area (Å²) in [6.45, 7) is 0. The normalized spacial score (nSPS) is 12.0. The predicted octanol–water partition coefficient (Wildman–Crippen LogP) is 1.58. The molecule has 0 heterocycles. The first kappa shape index (κ1) is 12.8. The van der Waals surface area contributed by atoms with Crippen LogP contribution in [0, 0.1) is 0 Å². The summed E-state index contributed by atoms with van der Waals surface area (Å²) in [7, 11) is 2.90. The number of hydrogen-bond acceptors (Lipinski definition) is 4. The molecule has 16 heavy (non-hydrogen) atoms. The number of carbonyl (C=O) groups is 1. The van der Waals surface area contributed by atoms with Gasteiger partial charge in [0, 0.05) is 10.0 Å². The molecule has 1 aromatic rings. The number of aliphatic hydroxyl groups excluding tert-OH is 1. The first-order valence-corrected chi connectivity index (χ1v) is 5.12. The van der Waals surface area contributed by atoms with Gasteiger partial charge in [0.05, 0.1) is 14.2 Å². The van der Waals surface area contributed by atoms with Crippen LogP contribution < -0.4 is 9.47 Å². The fourth-order valence-electron chi connectivity index (χ4n) is 1.21. The minimum atomic E-state index is -1.60. The number of methoxy groups -OCH3 is 2. The van der Waals surface area contributed by atoms with Crippen molar-refractivity contribution in [3.05, 3.63) is 22.2 Å². The number of benzene rings is 1. The summed E-state index contributed by atoms with van der Waals surface area (Å²) in [6, 6.07) is 2.96. The van der Waals surface area contributed by atoms with E-state index in [0.717, 1.165) is 0 Å². The van der Waals surface area contributed by atoms with Crippen LogP contribution in [0.15, 0.2) is 16.6 Å². The van der Waals surface area contributed by atoms with Crippen molar-refractivity contribution < 1.29 is 24.5 Å². The van der Waals surface area contributed by atoms with E-state index in [1.54, 1.807) is 6.07 Å². The summed E-state index contributed by atoms with van der Waals surface area (Å²) >= 11 is 3.16. The van der Waals surface area contributed by atoms with Crippen LogP contribution in [0.2, 0.25) is 0 Å². The van der Waals surface area contributed by atoms with Crippen molar-refractivity contribution in [3.63, 3.8) is 0 Å². The molecule has 0 aliphatic heterocycles. The summed E-state index contributed by atoms with van der Waals surface area (Å²) in [5.41, 5.74) is 0.213. The minimum absolute atomic E-state index is 0.213. The van der Waals surface area contributed by atoms with Gasteiger partial charge in [-0.25, -0.2) is 4.79 Å². The average Bonchev–Trinajstić information content (AvgIpc) is 2.27. The Hall–Kier alpha value is -1.27. The second kappa shape index (κ2) is 5.18. The quantitative estimate of drug-likeness (QED) is 0.881. The summed E-state index contributed by atoms with van der Waals surface area (Å²) in [4.78, 5) is 10.7. The number of aliphatic carboxylic acids is 1. The SMILES string of the molecule is COc1cc(Br)c([C@@H](O)C(=O)O)cc1OC. The lowest BCUT2D eigenvalue weighted by atomic mass is 10.1. The molecule has 0 aliphatic carbocycles. The number of aliphatic hydroxyl groups is 1. The third-order valence-electron chi connectivity index (χ3n) is 2.03. The van der Waals surface area contributed by atoms with E-state index in [2.05, 4.69) is 15.9 Å². The summed E-state index contributed by atoms with van der Waals surface area (Å²) in [5.74, 6) is -0.510. The Balaban J connectivity index is 3.26. The van der Waals surface area contributed by atoms with Gasteiger partial charge in [-0.2, -0.15) is 0 Å². The lowest BCUT2D eigenvalue weighted by molar-refractivity contribution is -0.147. The number of rotatable bonds is 4. The minimum Gasteiger partial charge on any atom is -0.493 e. The number of carboxylic acids is 1. The molecule has 5 nitrogen and oxygen atoms in total. The number of ether oxygens (including phenoxy) is 2. The van der Waals surface area contributed by atoms with Gasteiger partial charge in [-0.1, -0.05) is 15.9 Å². The van der Waals surface area contributed by atoms with Gasteiger partial charge in [0.1, 0.15) is 0 Å². The Morgan fingerprint density at radius 2 is 1.81 bits per heavy atom. The first-order chi connectivity index (χ1) is 7.51. The topological polar surface area (TPSA) is 76.0 Å². The monoisotopic (exact) mass is 290 g/mol. The van der Waals surface area contributed by atoms with Crippen LogP contribution >= 0.6 is 15.9 Å². The molecule has 0 saturated carbocycles. The highest BCUT2D eigenvalue weighted by atomic mass is 79.9. The first-order valence-electron chi connectivity index (χ1n) is 4.33. The van der Waals surface area contributed by atoms with Crippen molar-refractivity contribution in [1.29, 1.82) is 0 Å². The van der Waals surface area contributed by atoms with Gasteiger partial charge >= 0.3 is 5.97 Å². The Morgan fingerprint density at radius 3 is 2.25 bits per heavy atom. The molecule has 0 aliphatic rings. The fourth-order valence-corrected chi connectivity index (χ4v) is 1.75. The highest BCUT2D eigenvalue weighted by Gasteiger charge is 2.21. The van der Waals surface area contributed by atoms with Crippen molar-refractivity contribution in [2.45, 2.75) is 6.10 Å². The smallest absolute Gasteiger partial charge is 0.337 e. The van der Waals surface area contributed by atoms with E-state index in [9.17, 15) is 9.90 Å². The van der Waals surface area contributed by atoms with Crippen LogP contribution in [-0.4, -0.2) is 30.4 Å². The Morgan fingerprint density at radius 1 is 1.31 bits per heavy atom. The maximum absolute atomic E-state index is 10.7. The molecule has 1 atom stereocenters. The lowest BCUT2D eigenvalue weighted by Gasteiger charge is -2.13. The van der Waals surface area contributed by atoms with Crippen molar-refractivity contribution >= 4 is 21.9 Å². The second-order valence-electron chi connectivity index (χ2n) is 2.97. The van der Waals surface area contributed by atoms with Crippen molar-refractivity contribution in [1.82, 2.24) is 0 Å². The summed E-state index contributed by atoms with van der Waals surface area (Å²) < 4.78 is 10.5. The van der Waals surface area contributed by atoms with Crippen LogP contribution in [0.25, 0.3) is 0 Å². The molecule has 1 aromatic carbocycles. The molecule has 0 radical (unpaired) electrons. The molecule has 0 bridgehead atoms. The summed E-state index contributed by atoms with van der Waals surface area (Å²) in [5, 5.41) is 18.1. The predicted molar refractivity (Wildman–Crippen MR) is 59.8 cm³/mol. The van der Waals surface area contributed by atoms with Crippen LogP contribution in [0.4, 0.5) is 0 Å². The van der Waals surface area contributed by atoms with Gasteiger partial charge in [-0.05, 0) is 12.1 Å². The number of halogens is 1. The molecule has 88 valence electrons. The van der Waals surface area contributed by atoms with Crippen LogP contribution in [0.3, 0.4) is 0 Å². The fraction of sp³-hybridized carbons (Fsp3) is 0.300. The maximum atomic E-state index is 10.7. The Labute approximate surface area is 101 Å². The third-order valence-corrected chi connectivity index (χ3v) is 2.72. The van der Waals surface area contributed by atoms with Crippen molar-refractivity contribution in [2.75, 3.05) is 14.2 Å². The average molecular weight is 291 g/mol. The molecular weight excluding hydrogens is 280 g/mol. The van der Waals surface area contributed by atoms with Gasteiger partial charge in [0.25, 0.3) is 0 Å². The molecule has 0 unspecified atom stereocenters. The standard InChI is InChI=1S/C10H11BrO5/c1-15-7-3-5(9(12)10(13)14)6(11)4-8(7)16-2/h3-4,9,12H,1-2H3,(H,13,14)/t9-/m1/s1. The third kappa shape index (κ3) is 2.45. The largest absolute Gasteiger partial charge is 0.493 e. The number of hydrogen-bond donors (Lipinski definition) is 2. The van der Waals surface area contributed by atoms with Gasteiger partial charge in [0.2, 0.25) is 0 Å². The van der Waals surface area contributed by atoms with Crippen LogP contribution in [0.1, 0.15) is 11.7 Å². The molecule has 0 spiro atoms. The van der Waals surface area contributed by atoms with Crippen molar-refractivity contribution in [2.24, 2.45) is 0 Å². The molecule has 2 N–H and O–H groups in total. The zero-order valence-corrected chi connectivity index (χ0v) is 10.3. The van der Waals surface area contributed by atoms with Gasteiger partial charge in [-0.3, -0.25) is 0 Å². The van der Waals surface area contributed by atoms with E-state index in [0.29, 0.717) is 16.0 Å². The molecule has 0 aromatic heterocycles. The van der Waals surface area contributed by atoms with Gasteiger partial charge < -0.3 is 19.7 Å². The molecule has 0 amide bonds. The number of carboxylic acid groups (broad SMARTS) is 1. The van der Waals surface area contributed by atoms with Gasteiger partial charge in [-0.15, -0.1) is 0 Å². The van der Waals surface area contributed by atoms with Crippen LogP contribution in [0.5, 0.6) is 11.5 Å². The zero-order chi connectivity index (χ0) is 12.3. The Bertz CT molecular complexity index is 404. The lowest BCUT2D eigenvalue weighted by Crippen LogP contribution is -2.11. The van der Waals surface area contributed by atoms with E-state index in [1.165, 1.54) is 20.3 Å². The molecule has 0 saturated heterocycles. The maximum Gasteiger partial charge on any atom is 0.337 e. The highest BCUT2D eigenvalue weighted by molar-refractivity contribution is 9.10. The molecular formula is C10H11BrO5. The Kier molecular flexibility index (Phi) is 4.14.